The highest BCUT2D eigenvalue weighted by Gasteiger charge is 2.09. The highest BCUT2D eigenvalue weighted by molar-refractivity contribution is 6.31. The second-order valence-electron chi connectivity index (χ2n) is 3.50. The summed E-state index contributed by atoms with van der Waals surface area (Å²) < 4.78 is 13.6. The Morgan fingerprint density at radius 3 is 2.89 bits per heavy atom. The van der Waals surface area contributed by atoms with Gasteiger partial charge in [-0.05, 0) is 18.2 Å². The molecule has 0 saturated carbocycles. The van der Waals surface area contributed by atoms with Crippen molar-refractivity contribution in [2.75, 3.05) is 11.1 Å². The van der Waals surface area contributed by atoms with Crippen molar-refractivity contribution in [1.82, 2.24) is 4.98 Å². The second kappa shape index (κ2) is 4.90. The first-order chi connectivity index (χ1) is 8.61. The van der Waals surface area contributed by atoms with E-state index in [-0.39, 0.29) is 22.2 Å². The lowest BCUT2D eigenvalue weighted by molar-refractivity contribution is 0.632. The molecule has 4 nitrogen and oxygen atoms in total. The van der Waals surface area contributed by atoms with Crippen LogP contribution in [0.3, 0.4) is 0 Å². The summed E-state index contributed by atoms with van der Waals surface area (Å²) in [5.41, 5.74) is 6.47. The summed E-state index contributed by atoms with van der Waals surface area (Å²) in [5.74, 6) is -0.306. The largest absolute Gasteiger partial charge is 0.396 e. The van der Waals surface area contributed by atoms with Crippen LogP contribution < -0.4 is 11.1 Å². The molecule has 6 heteroatoms. The molecule has 18 heavy (non-hydrogen) atoms. The Morgan fingerprint density at radius 2 is 2.22 bits per heavy atom. The van der Waals surface area contributed by atoms with Gasteiger partial charge in [-0.15, -0.1) is 0 Å². The Kier molecular flexibility index (Phi) is 3.31. The standard InChI is InChI=1S/C12H8ClFN4/c13-8-2-1-3-10(11(8)14)18-12-9(16)4-7(5-15)6-17-12/h1-4,6H,16H2,(H,17,18). The molecule has 2 rings (SSSR count). The van der Waals surface area contributed by atoms with Gasteiger partial charge in [-0.1, -0.05) is 17.7 Å². The van der Waals surface area contributed by atoms with Gasteiger partial charge in [-0.3, -0.25) is 0 Å². The zero-order valence-electron chi connectivity index (χ0n) is 9.11. The van der Waals surface area contributed by atoms with E-state index in [9.17, 15) is 4.39 Å². The number of hydrogen-bond acceptors (Lipinski definition) is 4. The van der Waals surface area contributed by atoms with E-state index in [1.807, 2.05) is 6.07 Å². The first kappa shape index (κ1) is 12.1. The van der Waals surface area contributed by atoms with E-state index in [0.717, 1.165) is 0 Å². The molecule has 0 atom stereocenters. The zero-order valence-corrected chi connectivity index (χ0v) is 9.87. The van der Waals surface area contributed by atoms with E-state index < -0.39 is 5.82 Å². The minimum Gasteiger partial charge on any atom is -0.396 e. The average molecular weight is 263 g/mol. The van der Waals surface area contributed by atoms with Crippen LogP contribution in [-0.2, 0) is 0 Å². The van der Waals surface area contributed by atoms with E-state index in [2.05, 4.69) is 10.3 Å². The third-order valence-corrected chi connectivity index (χ3v) is 2.54. The van der Waals surface area contributed by atoms with Gasteiger partial charge in [0.05, 0.1) is 22.0 Å². The predicted octanol–water partition coefficient (Wildman–Crippen LogP) is 3.07. The van der Waals surface area contributed by atoms with Crippen molar-refractivity contribution in [3.05, 3.63) is 46.9 Å². The number of rotatable bonds is 2. The van der Waals surface area contributed by atoms with Gasteiger partial charge < -0.3 is 11.1 Å². The Bertz CT molecular complexity index is 636. The molecule has 0 aliphatic heterocycles. The maximum atomic E-state index is 13.6. The molecule has 0 bridgehead atoms. The maximum Gasteiger partial charge on any atom is 0.165 e. The lowest BCUT2D eigenvalue weighted by Gasteiger charge is -2.09. The number of nitrogens with two attached hydrogens (primary N) is 1. The summed E-state index contributed by atoms with van der Waals surface area (Å²) >= 11 is 5.66. The normalized spacial score (nSPS) is 9.83. The number of nitrogen functional groups attached to an aromatic ring is 1. The molecule has 0 fully saturated rings. The van der Waals surface area contributed by atoms with Crippen LogP contribution >= 0.6 is 11.6 Å². The lowest BCUT2D eigenvalue weighted by Crippen LogP contribution is -2.01. The average Bonchev–Trinajstić information content (AvgIpc) is 2.37. The summed E-state index contributed by atoms with van der Waals surface area (Å²) in [4.78, 5) is 3.95. The van der Waals surface area contributed by atoms with Gasteiger partial charge in [0.2, 0.25) is 0 Å². The van der Waals surface area contributed by atoms with Gasteiger partial charge in [-0.25, -0.2) is 9.37 Å². The molecule has 0 aliphatic carbocycles. The highest BCUT2D eigenvalue weighted by Crippen LogP contribution is 2.27. The fourth-order valence-electron chi connectivity index (χ4n) is 1.38. The molecular formula is C12H8ClFN4. The fraction of sp³-hybridized carbons (Fsp3) is 0. The van der Waals surface area contributed by atoms with E-state index in [1.54, 1.807) is 6.07 Å². The van der Waals surface area contributed by atoms with Crippen molar-refractivity contribution in [3.63, 3.8) is 0 Å². The minimum atomic E-state index is -0.579. The van der Waals surface area contributed by atoms with Gasteiger partial charge in [-0.2, -0.15) is 5.26 Å². The van der Waals surface area contributed by atoms with Crippen LogP contribution in [0.2, 0.25) is 5.02 Å². The molecule has 1 aromatic heterocycles. The number of aromatic nitrogens is 1. The first-order valence-electron chi connectivity index (χ1n) is 4.98. The molecule has 90 valence electrons. The number of nitrogens with one attached hydrogen (secondary N) is 1. The number of hydrogen-bond donors (Lipinski definition) is 2. The van der Waals surface area contributed by atoms with E-state index in [0.29, 0.717) is 5.56 Å². The van der Waals surface area contributed by atoms with Crippen LogP contribution in [0.1, 0.15) is 5.56 Å². The van der Waals surface area contributed by atoms with Crippen LogP contribution in [0.4, 0.5) is 21.6 Å². The number of anilines is 3. The van der Waals surface area contributed by atoms with Gasteiger partial charge in [0, 0.05) is 6.20 Å². The summed E-state index contributed by atoms with van der Waals surface area (Å²) in [6.45, 7) is 0. The number of halogens is 2. The molecule has 0 unspecified atom stereocenters. The number of nitriles is 1. The summed E-state index contributed by atoms with van der Waals surface area (Å²) in [6.07, 6.45) is 1.35. The van der Waals surface area contributed by atoms with Crippen LogP contribution in [0.25, 0.3) is 0 Å². The molecular weight excluding hydrogens is 255 g/mol. The summed E-state index contributed by atoms with van der Waals surface area (Å²) in [6, 6.07) is 7.93. The van der Waals surface area contributed by atoms with Crippen molar-refractivity contribution in [2.24, 2.45) is 0 Å². The van der Waals surface area contributed by atoms with Gasteiger partial charge >= 0.3 is 0 Å². The molecule has 0 aliphatic rings. The highest BCUT2D eigenvalue weighted by atomic mass is 35.5. The SMILES string of the molecule is N#Cc1cnc(Nc2cccc(Cl)c2F)c(N)c1. The Morgan fingerprint density at radius 1 is 1.44 bits per heavy atom. The summed E-state index contributed by atoms with van der Waals surface area (Å²) in [7, 11) is 0. The van der Waals surface area contributed by atoms with Crippen molar-refractivity contribution in [1.29, 1.82) is 5.26 Å². The summed E-state index contributed by atoms with van der Waals surface area (Å²) in [5, 5.41) is 11.4. The van der Waals surface area contributed by atoms with Crippen LogP contribution in [-0.4, -0.2) is 4.98 Å². The van der Waals surface area contributed by atoms with E-state index in [4.69, 9.17) is 22.6 Å². The topological polar surface area (TPSA) is 74.7 Å². The molecule has 3 N–H and O–H groups in total. The fourth-order valence-corrected chi connectivity index (χ4v) is 1.55. The molecule has 1 heterocycles. The van der Waals surface area contributed by atoms with Crippen LogP contribution in [0.15, 0.2) is 30.5 Å². The number of pyridine rings is 1. The molecule has 0 amide bonds. The van der Waals surface area contributed by atoms with Crippen LogP contribution in [0.5, 0.6) is 0 Å². The lowest BCUT2D eigenvalue weighted by atomic mass is 10.2. The number of nitrogens with zero attached hydrogens (tertiary/aromatic N) is 2. The van der Waals surface area contributed by atoms with E-state index in [1.165, 1.54) is 24.4 Å². The van der Waals surface area contributed by atoms with Crippen molar-refractivity contribution in [3.8, 4) is 6.07 Å². The van der Waals surface area contributed by atoms with Crippen molar-refractivity contribution in [2.45, 2.75) is 0 Å². The monoisotopic (exact) mass is 262 g/mol. The van der Waals surface area contributed by atoms with Crippen molar-refractivity contribution >= 4 is 28.8 Å². The number of benzene rings is 1. The molecule has 1 aromatic carbocycles. The Hall–Kier alpha value is -2.32. The molecule has 0 radical (unpaired) electrons. The Balaban J connectivity index is 2.35. The first-order valence-corrected chi connectivity index (χ1v) is 5.36. The Labute approximate surface area is 108 Å². The zero-order chi connectivity index (χ0) is 13.1. The quantitative estimate of drug-likeness (QED) is 0.872. The molecule has 0 spiro atoms. The minimum absolute atomic E-state index is 0.00668. The maximum absolute atomic E-state index is 13.6. The predicted molar refractivity (Wildman–Crippen MR) is 68.1 cm³/mol. The third-order valence-electron chi connectivity index (χ3n) is 2.25. The van der Waals surface area contributed by atoms with Gasteiger partial charge in [0.15, 0.2) is 11.6 Å². The smallest absolute Gasteiger partial charge is 0.165 e. The van der Waals surface area contributed by atoms with Crippen molar-refractivity contribution < 1.29 is 4.39 Å². The van der Waals surface area contributed by atoms with E-state index >= 15 is 0 Å². The van der Waals surface area contributed by atoms with Gasteiger partial charge in [0.25, 0.3) is 0 Å². The molecule has 2 aromatic rings. The van der Waals surface area contributed by atoms with Gasteiger partial charge in [0.1, 0.15) is 6.07 Å². The second-order valence-corrected chi connectivity index (χ2v) is 3.91. The third kappa shape index (κ3) is 2.34. The molecule has 0 saturated heterocycles. The van der Waals surface area contributed by atoms with Crippen LogP contribution in [0, 0.1) is 17.1 Å².